The van der Waals surface area contributed by atoms with Crippen LogP contribution >= 0.6 is 0 Å². The molecule has 0 aliphatic heterocycles. The van der Waals surface area contributed by atoms with Crippen molar-refractivity contribution in [2.75, 3.05) is 6.54 Å². The van der Waals surface area contributed by atoms with Gasteiger partial charge in [0.25, 0.3) is 5.91 Å². The maximum absolute atomic E-state index is 11.9. The van der Waals surface area contributed by atoms with Crippen LogP contribution < -0.4 is 5.32 Å². The molecule has 4 heteroatoms. The summed E-state index contributed by atoms with van der Waals surface area (Å²) in [4.78, 5) is 11.9. The number of carbonyl (C=O) groups excluding carboxylic acids is 1. The van der Waals surface area contributed by atoms with Crippen molar-refractivity contribution in [2.24, 2.45) is 0 Å². The monoisotopic (exact) mass is 244 g/mol. The molecule has 0 aliphatic carbocycles. The summed E-state index contributed by atoms with van der Waals surface area (Å²) in [6.07, 6.45) is 1.44. The van der Waals surface area contributed by atoms with Crippen LogP contribution in [0.15, 0.2) is 41.1 Å². The topological polar surface area (TPSA) is 55.1 Å². The number of aryl methyl sites for hydroxylation is 1. The fourth-order valence-corrected chi connectivity index (χ4v) is 1.76. The molecule has 18 heavy (non-hydrogen) atoms. The number of amides is 1. The number of hydrogen-bond donors (Lipinski definition) is 1. The zero-order valence-electron chi connectivity index (χ0n) is 10.5. The second kappa shape index (κ2) is 5.49. The molecule has 2 rings (SSSR count). The highest BCUT2D eigenvalue weighted by atomic mass is 16.5. The first-order chi connectivity index (χ1) is 8.68. The van der Waals surface area contributed by atoms with Crippen molar-refractivity contribution in [3.63, 3.8) is 0 Å². The van der Waals surface area contributed by atoms with Crippen molar-refractivity contribution in [3.05, 3.63) is 53.4 Å². The van der Waals surface area contributed by atoms with Gasteiger partial charge in [0.1, 0.15) is 11.3 Å². The molecule has 0 bridgehead atoms. The van der Waals surface area contributed by atoms with E-state index in [0.717, 1.165) is 0 Å². The van der Waals surface area contributed by atoms with Gasteiger partial charge in [0, 0.05) is 6.54 Å². The number of rotatable bonds is 4. The van der Waals surface area contributed by atoms with Crippen LogP contribution in [0, 0.1) is 6.92 Å². The van der Waals surface area contributed by atoms with Crippen LogP contribution in [-0.2, 0) is 0 Å². The molecule has 94 valence electrons. The molecular formula is C14H16N2O2. The molecule has 0 radical (unpaired) electrons. The van der Waals surface area contributed by atoms with Crippen molar-refractivity contribution < 1.29 is 9.32 Å². The summed E-state index contributed by atoms with van der Waals surface area (Å²) >= 11 is 0. The Morgan fingerprint density at radius 1 is 1.39 bits per heavy atom. The van der Waals surface area contributed by atoms with Gasteiger partial charge >= 0.3 is 0 Å². The largest absolute Gasteiger partial charge is 0.361 e. The second-order valence-electron chi connectivity index (χ2n) is 4.32. The Hall–Kier alpha value is -2.10. The Balaban J connectivity index is 1.93. The maximum atomic E-state index is 11.9. The summed E-state index contributed by atoms with van der Waals surface area (Å²) in [5.74, 6) is 0.673. The van der Waals surface area contributed by atoms with Gasteiger partial charge in [0.15, 0.2) is 0 Å². The molecule has 0 saturated carbocycles. The van der Waals surface area contributed by atoms with E-state index in [0.29, 0.717) is 17.9 Å². The number of aromatic nitrogens is 1. The van der Waals surface area contributed by atoms with Gasteiger partial charge in [-0.05, 0) is 18.4 Å². The van der Waals surface area contributed by atoms with Gasteiger partial charge in [-0.25, -0.2) is 0 Å². The van der Waals surface area contributed by atoms with E-state index in [2.05, 4.69) is 29.5 Å². The molecule has 0 aliphatic rings. The second-order valence-corrected chi connectivity index (χ2v) is 4.32. The van der Waals surface area contributed by atoms with Crippen molar-refractivity contribution in [2.45, 2.75) is 19.8 Å². The molecule has 1 atom stereocenters. The smallest absolute Gasteiger partial charge is 0.256 e. The number of nitrogens with zero attached hydrogens (tertiary/aromatic N) is 1. The first-order valence-electron chi connectivity index (χ1n) is 5.93. The molecule has 1 unspecified atom stereocenters. The molecule has 1 amide bonds. The summed E-state index contributed by atoms with van der Waals surface area (Å²) in [5, 5.41) is 6.48. The van der Waals surface area contributed by atoms with E-state index in [4.69, 9.17) is 4.52 Å². The zero-order valence-corrected chi connectivity index (χ0v) is 10.5. The van der Waals surface area contributed by atoms with Crippen molar-refractivity contribution in [3.8, 4) is 0 Å². The Kier molecular flexibility index (Phi) is 3.77. The minimum absolute atomic E-state index is 0.142. The summed E-state index contributed by atoms with van der Waals surface area (Å²) in [5.41, 5.74) is 1.70. The third-order valence-corrected chi connectivity index (χ3v) is 2.93. The van der Waals surface area contributed by atoms with E-state index in [1.807, 2.05) is 18.2 Å². The lowest BCUT2D eigenvalue weighted by atomic mass is 10.0. The van der Waals surface area contributed by atoms with Crippen LogP contribution in [0.4, 0.5) is 0 Å². The minimum atomic E-state index is -0.142. The average molecular weight is 244 g/mol. The van der Waals surface area contributed by atoms with Crippen LogP contribution in [-0.4, -0.2) is 17.6 Å². The lowest BCUT2D eigenvalue weighted by molar-refractivity contribution is 0.0950. The molecule has 1 N–H and O–H groups in total. The Bertz CT molecular complexity index is 520. The number of benzene rings is 1. The highest BCUT2D eigenvalue weighted by Crippen LogP contribution is 2.13. The summed E-state index contributed by atoms with van der Waals surface area (Å²) in [6, 6.07) is 10.1. The summed E-state index contributed by atoms with van der Waals surface area (Å²) in [7, 11) is 0. The quantitative estimate of drug-likeness (QED) is 0.899. The lowest BCUT2D eigenvalue weighted by Crippen LogP contribution is -2.27. The number of nitrogens with one attached hydrogen (secondary N) is 1. The van der Waals surface area contributed by atoms with Crippen LogP contribution in [0.2, 0.25) is 0 Å². The fourth-order valence-electron chi connectivity index (χ4n) is 1.76. The highest BCUT2D eigenvalue weighted by Gasteiger charge is 2.13. The molecule has 4 nitrogen and oxygen atoms in total. The van der Waals surface area contributed by atoms with Crippen molar-refractivity contribution in [1.82, 2.24) is 10.5 Å². The van der Waals surface area contributed by atoms with Gasteiger partial charge in [-0.3, -0.25) is 4.79 Å². The summed E-state index contributed by atoms with van der Waals surface area (Å²) < 4.78 is 4.87. The first-order valence-corrected chi connectivity index (χ1v) is 5.93. The standard InChI is InChI=1S/C14H16N2O2/c1-10(12-6-4-3-5-7-12)8-15-14(17)13-9-16-18-11(13)2/h3-7,9-10H,8H2,1-2H3,(H,15,17). The van der Waals surface area contributed by atoms with Crippen LogP contribution in [0.25, 0.3) is 0 Å². The third-order valence-electron chi connectivity index (χ3n) is 2.93. The van der Waals surface area contributed by atoms with Gasteiger partial charge < -0.3 is 9.84 Å². The van der Waals surface area contributed by atoms with E-state index < -0.39 is 0 Å². The lowest BCUT2D eigenvalue weighted by Gasteiger charge is -2.12. The van der Waals surface area contributed by atoms with Gasteiger partial charge in [0.05, 0.1) is 6.20 Å². The predicted molar refractivity (Wildman–Crippen MR) is 68.4 cm³/mol. The Morgan fingerprint density at radius 2 is 2.11 bits per heavy atom. The van der Waals surface area contributed by atoms with Gasteiger partial charge in [-0.15, -0.1) is 0 Å². The van der Waals surface area contributed by atoms with Gasteiger partial charge in [-0.2, -0.15) is 0 Å². The molecule has 2 aromatic rings. The normalized spacial score (nSPS) is 12.1. The van der Waals surface area contributed by atoms with E-state index in [9.17, 15) is 4.79 Å². The molecule has 0 fully saturated rings. The van der Waals surface area contributed by atoms with Gasteiger partial charge in [-0.1, -0.05) is 42.4 Å². The van der Waals surface area contributed by atoms with Crippen LogP contribution in [0.3, 0.4) is 0 Å². The Morgan fingerprint density at radius 3 is 2.72 bits per heavy atom. The summed E-state index contributed by atoms with van der Waals surface area (Å²) in [6.45, 7) is 4.39. The van der Waals surface area contributed by atoms with Gasteiger partial charge in [0.2, 0.25) is 0 Å². The van der Waals surface area contributed by atoms with E-state index >= 15 is 0 Å². The third kappa shape index (κ3) is 2.77. The zero-order chi connectivity index (χ0) is 13.0. The fraction of sp³-hybridized carbons (Fsp3) is 0.286. The molecule has 1 heterocycles. The predicted octanol–water partition coefficient (Wildman–Crippen LogP) is 2.52. The highest BCUT2D eigenvalue weighted by molar-refractivity contribution is 5.94. The molecule has 1 aromatic carbocycles. The SMILES string of the molecule is Cc1oncc1C(=O)NCC(C)c1ccccc1. The van der Waals surface area contributed by atoms with E-state index in [1.165, 1.54) is 11.8 Å². The number of hydrogen-bond acceptors (Lipinski definition) is 3. The van der Waals surface area contributed by atoms with Crippen molar-refractivity contribution >= 4 is 5.91 Å². The first kappa shape index (κ1) is 12.4. The van der Waals surface area contributed by atoms with Crippen molar-refractivity contribution in [1.29, 1.82) is 0 Å². The molecule has 0 spiro atoms. The maximum Gasteiger partial charge on any atom is 0.256 e. The number of carbonyl (C=O) groups is 1. The molecule has 0 saturated heterocycles. The van der Waals surface area contributed by atoms with Crippen LogP contribution in [0.1, 0.15) is 34.5 Å². The minimum Gasteiger partial charge on any atom is -0.361 e. The Labute approximate surface area is 106 Å². The molecule has 1 aromatic heterocycles. The van der Waals surface area contributed by atoms with Crippen LogP contribution in [0.5, 0.6) is 0 Å². The van der Waals surface area contributed by atoms with E-state index in [1.54, 1.807) is 6.92 Å². The average Bonchev–Trinajstić information content (AvgIpc) is 2.83. The van der Waals surface area contributed by atoms with E-state index in [-0.39, 0.29) is 11.8 Å². The molecular weight excluding hydrogens is 228 g/mol.